The largest absolute Gasteiger partial charge is 0.481 e. The lowest BCUT2D eigenvalue weighted by atomic mass is 10.1. The maximum absolute atomic E-state index is 12.2. The lowest BCUT2D eigenvalue weighted by Crippen LogP contribution is -2.22. The van der Waals surface area contributed by atoms with Gasteiger partial charge in [0, 0.05) is 36.1 Å². The SMILES string of the molecule is COc1cc(CNC(=O)c2ccc3cc[nH]c3c2)ccn1. The summed E-state index contributed by atoms with van der Waals surface area (Å²) in [5.41, 5.74) is 2.52. The number of fused-ring (bicyclic) bond motifs is 1. The summed E-state index contributed by atoms with van der Waals surface area (Å²) in [4.78, 5) is 19.3. The second-order valence-electron chi connectivity index (χ2n) is 4.67. The standard InChI is InChI=1S/C16H15N3O2/c1-21-15-8-11(4-6-18-15)10-19-16(20)13-3-2-12-5-7-17-14(12)9-13/h2-9,17H,10H2,1H3,(H,19,20). The zero-order valence-electron chi connectivity index (χ0n) is 11.6. The van der Waals surface area contributed by atoms with Crippen LogP contribution >= 0.6 is 0 Å². The van der Waals surface area contributed by atoms with Crippen LogP contribution in [0.15, 0.2) is 48.8 Å². The van der Waals surface area contributed by atoms with E-state index in [0.29, 0.717) is 18.0 Å². The highest BCUT2D eigenvalue weighted by molar-refractivity contribution is 5.97. The molecule has 5 heteroatoms. The van der Waals surface area contributed by atoms with Crippen molar-refractivity contribution in [3.8, 4) is 5.88 Å². The molecule has 3 aromatic rings. The lowest BCUT2D eigenvalue weighted by molar-refractivity contribution is 0.0951. The van der Waals surface area contributed by atoms with Gasteiger partial charge in [-0.1, -0.05) is 6.07 Å². The minimum absolute atomic E-state index is 0.109. The summed E-state index contributed by atoms with van der Waals surface area (Å²) >= 11 is 0. The average Bonchev–Trinajstić information content (AvgIpc) is 3.00. The number of hydrogen-bond donors (Lipinski definition) is 2. The molecule has 5 nitrogen and oxygen atoms in total. The molecular formula is C16H15N3O2. The van der Waals surface area contributed by atoms with Gasteiger partial charge in [0.2, 0.25) is 5.88 Å². The predicted octanol–water partition coefficient (Wildman–Crippen LogP) is 2.50. The number of amides is 1. The van der Waals surface area contributed by atoms with E-state index >= 15 is 0 Å². The van der Waals surface area contributed by atoms with Gasteiger partial charge in [0.15, 0.2) is 0 Å². The number of H-pyrrole nitrogens is 1. The summed E-state index contributed by atoms with van der Waals surface area (Å²) in [5, 5.41) is 3.98. The maximum atomic E-state index is 12.2. The summed E-state index contributed by atoms with van der Waals surface area (Å²) in [7, 11) is 1.57. The van der Waals surface area contributed by atoms with Crippen molar-refractivity contribution in [2.24, 2.45) is 0 Å². The molecule has 0 spiro atoms. The number of nitrogens with zero attached hydrogens (tertiary/aromatic N) is 1. The summed E-state index contributed by atoms with van der Waals surface area (Å²) in [5.74, 6) is 0.428. The number of carbonyl (C=O) groups excluding carboxylic acids is 1. The molecule has 0 aliphatic carbocycles. The van der Waals surface area contributed by atoms with Crippen LogP contribution in [0.2, 0.25) is 0 Å². The van der Waals surface area contributed by atoms with Crippen molar-refractivity contribution < 1.29 is 9.53 Å². The van der Waals surface area contributed by atoms with E-state index in [1.807, 2.05) is 36.5 Å². The molecule has 2 aromatic heterocycles. The van der Waals surface area contributed by atoms with Crippen molar-refractivity contribution in [2.45, 2.75) is 6.54 Å². The third-order valence-electron chi connectivity index (χ3n) is 3.28. The van der Waals surface area contributed by atoms with E-state index in [0.717, 1.165) is 16.5 Å². The van der Waals surface area contributed by atoms with E-state index in [2.05, 4.69) is 15.3 Å². The minimum atomic E-state index is -0.109. The van der Waals surface area contributed by atoms with Gasteiger partial charge in [-0.2, -0.15) is 0 Å². The van der Waals surface area contributed by atoms with Crippen LogP contribution in [0.5, 0.6) is 5.88 Å². The van der Waals surface area contributed by atoms with Crippen LogP contribution in [0.25, 0.3) is 10.9 Å². The third-order valence-corrected chi connectivity index (χ3v) is 3.28. The first kappa shape index (κ1) is 13.2. The third kappa shape index (κ3) is 2.86. The van der Waals surface area contributed by atoms with Crippen LogP contribution in [0.3, 0.4) is 0 Å². The molecule has 0 fully saturated rings. The number of aromatic amines is 1. The summed E-state index contributed by atoms with van der Waals surface area (Å²) < 4.78 is 5.06. The van der Waals surface area contributed by atoms with Gasteiger partial charge < -0.3 is 15.0 Å². The number of nitrogens with one attached hydrogen (secondary N) is 2. The first-order valence-corrected chi connectivity index (χ1v) is 6.60. The number of benzene rings is 1. The van der Waals surface area contributed by atoms with Crippen molar-refractivity contribution in [1.29, 1.82) is 0 Å². The Hall–Kier alpha value is -2.82. The van der Waals surface area contributed by atoms with Gasteiger partial charge in [0.1, 0.15) is 0 Å². The fourth-order valence-electron chi connectivity index (χ4n) is 2.15. The zero-order chi connectivity index (χ0) is 14.7. The highest BCUT2D eigenvalue weighted by Gasteiger charge is 2.07. The Labute approximate surface area is 122 Å². The van der Waals surface area contributed by atoms with E-state index in [9.17, 15) is 4.79 Å². The van der Waals surface area contributed by atoms with Crippen molar-refractivity contribution in [3.63, 3.8) is 0 Å². The number of rotatable bonds is 4. The number of aromatic nitrogens is 2. The van der Waals surface area contributed by atoms with Crippen molar-refractivity contribution in [2.75, 3.05) is 7.11 Å². The molecule has 2 N–H and O–H groups in total. The molecule has 0 aliphatic rings. The normalized spacial score (nSPS) is 10.5. The molecule has 0 aliphatic heterocycles. The maximum Gasteiger partial charge on any atom is 0.251 e. The quantitative estimate of drug-likeness (QED) is 0.772. The molecule has 0 saturated carbocycles. The van der Waals surface area contributed by atoms with Crippen molar-refractivity contribution >= 4 is 16.8 Å². The Bertz CT molecular complexity index is 780. The Morgan fingerprint density at radius 1 is 1.29 bits per heavy atom. The Kier molecular flexibility index (Phi) is 3.55. The second-order valence-corrected chi connectivity index (χ2v) is 4.67. The molecular weight excluding hydrogens is 266 g/mol. The van der Waals surface area contributed by atoms with Crippen LogP contribution in [-0.2, 0) is 6.54 Å². The fraction of sp³-hybridized carbons (Fsp3) is 0.125. The molecule has 1 amide bonds. The Morgan fingerprint density at radius 2 is 2.19 bits per heavy atom. The Balaban J connectivity index is 1.70. The summed E-state index contributed by atoms with van der Waals surface area (Å²) in [6.45, 7) is 0.431. The number of hydrogen-bond acceptors (Lipinski definition) is 3. The molecule has 106 valence electrons. The molecule has 0 saturated heterocycles. The molecule has 3 rings (SSSR count). The number of ether oxygens (including phenoxy) is 1. The van der Waals surface area contributed by atoms with Gasteiger partial charge in [-0.25, -0.2) is 4.98 Å². The van der Waals surface area contributed by atoms with Crippen molar-refractivity contribution in [3.05, 3.63) is 59.9 Å². The first-order chi connectivity index (χ1) is 10.3. The van der Waals surface area contributed by atoms with Gasteiger partial charge in [-0.15, -0.1) is 0 Å². The molecule has 1 aromatic carbocycles. The minimum Gasteiger partial charge on any atom is -0.481 e. The molecule has 2 heterocycles. The van der Waals surface area contributed by atoms with Crippen LogP contribution in [0.4, 0.5) is 0 Å². The van der Waals surface area contributed by atoms with Crippen molar-refractivity contribution in [1.82, 2.24) is 15.3 Å². The summed E-state index contributed by atoms with van der Waals surface area (Å²) in [6.07, 6.45) is 3.51. The second kappa shape index (κ2) is 5.66. The number of methoxy groups -OCH3 is 1. The predicted molar refractivity (Wildman–Crippen MR) is 80.3 cm³/mol. The number of carbonyl (C=O) groups is 1. The molecule has 0 unspecified atom stereocenters. The van der Waals surface area contributed by atoms with Crippen LogP contribution < -0.4 is 10.1 Å². The zero-order valence-corrected chi connectivity index (χ0v) is 11.6. The monoisotopic (exact) mass is 281 g/mol. The molecule has 21 heavy (non-hydrogen) atoms. The smallest absolute Gasteiger partial charge is 0.251 e. The Morgan fingerprint density at radius 3 is 3.05 bits per heavy atom. The van der Waals surface area contributed by atoms with Gasteiger partial charge in [-0.05, 0) is 35.2 Å². The van der Waals surface area contributed by atoms with E-state index in [4.69, 9.17) is 4.74 Å². The van der Waals surface area contributed by atoms with E-state index < -0.39 is 0 Å². The summed E-state index contributed by atoms with van der Waals surface area (Å²) in [6, 6.07) is 11.2. The van der Waals surface area contributed by atoms with Gasteiger partial charge in [-0.3, -0.25) is 4.79 Å². The molecule has 0 atom stereocenters. The highest BCUT2D eigenvalue weighted by atomic mass is 16.5. The van der Waals surface area contributed by atoms with E-state index in [-0.39, 0.29) is 5.91 Å². The van der Waals surface area contributed by atoms with Crippen LogP contribution in [0.1, 0.15) is 15.9 Å². The first-order valence-electron chi connectivity index (χ1n) is 6.60. The van der Waals surface area contributed by atoms with Gasteiger partial charge in [0.05, 0.1) is 7.11 Å². The van der Waals surface area contributed by atoms with Gasteiger partial charge in [0.25, 0.3) is 5.91 Å². The van der Waals surface area contributed by atoms with Crippen LogP contribution in [-0.4, -0.2) is 23.0 Å². The lowest BCUT2D eigenvalue weighted by Gasteiger charge is -2.06. The molecule has 0 bridgehead atoms. The fourth-order valence-corrected chi connectivity index (χ4v) is 2.15. The number of pyridine rings is 1. The highest BCUT2D eigenvalue weighted by Crippen LogP contribution is 2.14. The van der Waals surface area contributed by atoms with Crippen LogP contribution in [0, 0.1) is 0 Å². The average molecular weight is 281 g/mol. The molecule has 0 radical (unpaired) electrons. The topological polar surface area (TPSA) is 67.0 Å². The van der Waals surface area contributed by atoms with Gasteiger partial charge >= 0.3 is 0 Å². The van der Waals surface area contributed by atoms with E-state index in [1.54, 1.807) is 19.4 Å². The van der Waals surface area contributed by atoms with E-state index in [1.165, 1.54) is 0 Å².